The van der Waals surface area contributed by atoms with E-state index in [1.807, 2.05) is 24.3 Å². The number of carbonyl (C=O) groups excluding carboxylic acids is 2. The number of hydrogen-bond donors (Lipinski definition) is 0. The highest BCUT2D eigenvalue weighted by Crippen LogP contribution is 2.37. The van der Waals surface area contributed by atoms with Crippen LogP contribution in [0.25, 0.3) is 11.1 Å². The average Bonchev–Trinajstić information content (AvgIpc) is 3.08. The topological polar surface area (TPSA) is 65.1 Å². The molecule has 0 aliphatic heterocycles. The summed E-state index contributed by atoms with van der Waals surface area (Å²) in [5.74, 6) is -0.0201. The van der Waals surface area contributed by atoms with Gasteiger partial charge in [-0.25, -0.2) is 9.59 Å². The number of esters is 2. The lowest BCUT2D eigenvalue weighted by atomic mass is 10.0. The zero-order chi connectivity index (χ0) is 34.2. The van der Waals surface area contributed by atoms with Gasteiger partial charge < -0.3 is 19.1 Å². The van der Waals surface area contributed by atoms with E-state index in [2.05, 4.69) is 106 Å². The molecule has 0 heterocycles. The largest absolute Gasteiger partial charge is 0.493 e. The number of nitrogens with zero attached hydrogens (tertiary/aromatic N) is 1. The maximum atomic E-state index is 11.7. The standard InChI is InChI=1S/C42H39NO5/c1-7-41(44)47-39-25-32(26-40(27-39)48-42(45)8-2)21-22-46-38-19-13-34(14-20-38)33-11-17-35(18-12-33)43(36-15-9-28(3)30(5)23-36)37-16-10-29(4)31(6)24-37/h7-20,23-27H,1-2,21-22H2,3-6H3. The maximum absolute atomic E-state index is 11.7. The molecular formula is C42H39NO5. The third-order valence-electron chi connectivity index (χ3n) is 8.18. The number of aryl methyl sites for hydroxylation is 4. The van der Waals surface area contributed by atoms with E-state index in [1.54, 1.807) is 12.1 Å². The minimum absolute atomic E-state index is 0.241. The third kappa shape index (κ3) is 8.28. The molecule has 242 valence electrons. The average molecular weight is 638 g/mol. The van der Waals surface area contributed by atoms with Crippen molar-refractivity contribution in [3.63, 3.8) is 0 Å². The Labute approximate surface area is 282 Å². The molecule has 5 aromatic carbocycles. The van der Waals surface area contributed by atoms with E-state index in [0.717, 1.165) is 51.7 Å². The second kappa shape index (κ2) is 15.1. The number of hydrogen-bond acceptors (Lipinski definition) is 6. The first-order valence-corrected chi connectivity index (χ1v) is 15.7. The van der Waals surface area contributed by atoms with Gasteiger partial charge in [-0.2, -0.15) is 0 Å². The Morgan fingerprint density at radius 1 is 0.562 bits per heavy atom. The fraction of sp³-hybridized carbons (Fsp3) is 0.143. The van der Waals surface area contributed by atoms with E-state index in [9.17, 15) is 9.59 Å². The highest BCUT2D eigenvalue weighted by Gasteiger charge is 2.15. The van der Waals surface area contributed by atoms with Gasteiger partial charge in [0.25, 0.3) is 0 Å². The second-order valence-electron chi connectivity index (χ2n) is 11.6. The molecule has 0 aliphatic carbocycles. The molecule has 48 heavy (non-hydrogen) atoms. The quantitative estimate of drug-likeness (QED) is 0.0771. The molecule has 0 radical (unpaired) electrons. The summed E-state index contributed by atoms with van der Waals surface area (Å²) in [6.07, 6.45) is 2.62. The van der Waals surface area contributed by atoms with Crippen LogP contribution >= 0.6 is 0 Å². The van der Waals surface area contributed by atoms with Crippen LogP contribution in [0.4, 0.5) is 17.1 Å². The van der Waals surface area contributed by atoms with Crippen LogP contribution in [0.5, 0.6) is 17.2 Å². The van der Waals surface area contributed by atoms with E-state index in [1.165, 1.54) is 28.3 Å². The molecule has 0 atom stereocenters. The van der Waals surface area contributed by atoms with Gasteiger partial charge in [0.05, 0.1) is 6.61 Å². The lowest BCUT2D eigenvalue weighted by Crippen LogP contribution is -2.10. The number of benzene rings is 5. The fourth-order valence-corrected chi connectivity index (χ4v) is 5.22. The third-order valence-corrected chi connectivity index (χ3v) is 8.18. The van der Waals surface area contributed by atoms with Crippen LogP contribution in [0.1, 0.15) is 27.8 Å². The molecule has 0 saturated carbocycles. The summed E-state index contributed by atoms with van der Waals surface area (Å²) >= 11 is 0. The van der Waals surface area contributed by atoms with Crippen LogP contribution in [0.15, 0.2) is 128 Å². The Morgan fingerprint density at radius 3 is 1.48 bits per heavy atom. The van der Waals surface area contributed by atoms with E-state index in [0.29, 0.717) is 13.0 Å². The van der Waals surface area contributed by atoms with Crippen LogP contribution in [0.2, 0.25) is 0 Å². The lowest BCUT2D eigenvalue weighted by molar-refractivity contribution is -0.129. The highest BCUT2D eigenvalue weighted by molar-refractivity contribution is 5.85. The molecule has 0 aliphatic rings. The summed E-state index contributed by atoms with van der Waals surface area (Å²) in [6.45, 7) is 15.8. The number of carbonyl (C=O) groups is 2. The lowest BCUT2D eigenvalue weighted by Gasteiger charge is -2.27. The summed E-state index contributed by atoms with van der Waals surface area (Å²) in [4.78, 5) is 25.8. The highest BCUT2D eigenvalue weighted by atomic mass is 16.5. The van der Waals surface area contributed by atoms with Crippen LogP contribution in [0, 0.1) is 27.7 Å². The summed E-state index contributed by atoms with van der Waals surface area (Å²) in [6, 6.07) is 34.6. The van der Waals surface area contributed by atoms with Crippen molar-refractivity contribution in [2.24, 2.45) is 0 Å². The molecule has 0 aromatic heterocycles. The molecule has 5 rings (SSSR count). The van der Waals surface area contributed by atoms with Gasteiger partial charge >= 0.3 is 11.9 Å². The van der Waals surface area contributed by atoms with Crippen molar-refractivity contribution >= 4 is 29.0 Å². The van der Waals surface area contributed by atoms with Crippen molar-refractivity contribution in [3.05, 3.63) is 156 Å². The normalized spacial score (nSPS) is 10.6. The summed E-state index contributed by atoms with van der Waals surface area (Å²) in [7, 11) is 0. The first-order chi connectivity index (χ1) is 23.1. The van der Waals surface area contributed by atoms with Crippen LogP contribution in [-0.4, -0.2) is 18.5 Å². The fourth-order valence-electron chi connectivity index (χ4n) is 5.22. The molecule has 0 unspecified atom stereocenters. The Balaban J connectivity index is 1.29. The number of rotatable bonds is 12. The van der Waals surface area contributed by atoms with E-state index in [4.69, 9.17) is 14.2 Å². The van der Waals surface area contributed by atoms with Gasteiger partial charge in [0, 0.05) is 41.7 Å². The van der Waals surface area contributed by atoms with E-state index < -0.39 is 11.9 Å². The van der Waals surface area contributed by atoms with Crippen molar-refractivity contribution in [1.82, 2.24) is 0 Å². The van der Waals surface area contributed by atoms with Gasteiger partial charge in [-0.3, -0.25) is 0 Å². The molecule has 0 saturated heterocycles. The molecule has 0 fully saturated rings. The summed E-state index contributed by atoms with van der Waals surface area (Å²) in [5.41, 5.74) is 11.3. The van der Waals surface area contributed by atoms with Gasteiger partial charge in [-0.1, -0.05) is 49.6 Å². The zero-order valence-electron chi connectivity index (χ0n) is 27.8. The Morgan fingerprint density at radius 2 is 1.02 bits per heavy atom. The van der Waals surface area contributed by atoms with Gasteiger partial charge in [0.2, 0.25) is 0 Å². The predicted molar refractivity (Wildman–Crippen MR) is 193 cm³/mol. The Kier molecular flexibility index (Phi) is 10.6. The molecule has 0 amide bonds. The molecular weight excluding hydrogens is 598 g/mol. The minimum Gasteiger partial charge on any atom is -0.493 e. The molecule has 5 aromatic rings. The maximum Gasteiger partial charge on any atom is 0.335 e. The number of ether oxygens (including phenoxy) is 3. The number of anilines is 3. The monoisotopic (exact) mass is 637 g/mol. The van der Waals surface area contributed by atoms with E-state index >= 15 is 0 Å². The summed E-state index contributed by atoms with van der Waals surface area (Å²) < 4.78 is 16.5. The van der Waals surface area contributed by atoms with Crippen molar-refractivity contribution in [3.8, 4) is 28.4 Å². The Bertz CT molecular complexity index is 1870. The molecule has 0 bridgehead atoms. The molecule has 6 heteroatoms. The van der Waals surface area contributed by atoms with Crippen LogP contribution < -0.4 is 19.1 Å². The smallest absolute Gasteiger partial charge is 0.335 e. The van der Waals surface area contributed by atoms with E-state index in [-0.39, 0.29) is 11.5 Å². The van der Waals surface area contributed by atoms with Crippen molar-refractivity contribution in [2.45, 2.75) is 34.1 Å². The molecule has 0 N–H and O–H groups in total. The van der Waals surface area contributed by atoms with Gasteiger partial charge in [0.15, 0.2) is 0 Å². The first kappa shape index (κ1) is 33.5. The molecule has 6 nitrogen and oxygen atoms in total. The minimum atomic E-state index is -0.612. The van der Waals surface area contributed by atoms with Crippen molar-refractivity contribution in [2.75, 3.05) is 11.5 Å². The first-order valence-electron chi connectivity index (χ1n) is 15.7. The van der Waals surface area contributed by atoms with Crippen molar-refractivity contribution in [1.29, 1.82) is 0 Å². The summed E-state index contributed by atoms with van der Waals surface area (Å²) in [5, 5.41) is 0. The van der Waals surface area contributed by atoms with Crippen LogP contribution in [-0.2, 0) is 16.0 Å². The second-order valence-corrected chi connectivity index (χ2v) is 11.6. The molecule has 0 spiro atoms. The van der Waals surface area contributed by atoms with Crippen LogP contribution in [0.3, 0.4) is 0 Å². The van der Waals surface area contributed by atoms with Crippen molar-refractivity contribution < 1.29 is 23.8 Å². The predicted octanol–water partition coefficient (Wildman–Crippen LogP) is 9.86. The van der Waals surface area contributed by atoms with Gasteiger partial charge in [-0.15, -0.1) is 0 Å². The van der Waals surface area contributed by atoms with Gasteiger partial charge in [-0.05, 0) is 127 Å². The Hall–Kier alpha value is -5.88. The zero-order valence-corrected chi connectivity index (χ0v) is 27.8. The van der Waals surface area contributed by atoms with Gasteiger partial charge in [0.1, 0.15) is 17.2 Å². The SMILES string of the molecule is C=CC(=O)Oc1cc(CCOc2ccc(-c3ccc(N(c4ccc(C)c(C)c4)c4ccc(C)c(C)c4)cc3)cc2)cc(OC(=O)C=C)c1.